The first-order valence-corrected chi connectivity index (χ1v) is 8.69. The van der Waals surface area contributed by atoms with Crippen molar-refractivity contribution < 1.29 is 0 Å². The molecule has 0 radical (unpaired) electrons. The first kappa shape index (κ1) is 15.4. The zero-order valence-electron chi connectivity index (χ0n) is 13.3. The van der Waals surface area contributed by atoms with Gasteiger partial charge in [0.15, 0.2) is 0 Å². The van der Waals surface area contributed by atoms with E-state index in [1.165, 1.54) is 0 Å². The Labute approximate surface area is 159 Å². The fourth-order valence-electron chi connectivity index (χ4n) is 3.14. The maximum Gasteiger partial charge on any atom is 0.141 e. The minimum atomic E-state index is 0.542. The SMILES string of the molecule is Clc1cccc(Cl)c1-c1nc2c([nH]1)-c1cccnc1Nc1cnccc1-2. The molecule has 0 bridgehead atoms. The second-order valence-corrected chi connectivity index (χ2v) is 6.67. The number of hydrogen-bond acceptors (Lipinski definition) is 4. The third-order valence-electron chi connectivity index (χ3n) is 4.31. The Morgan fingerprint density at radius 3 is 2.58 bits per heavy atom. The second-order valence-electron chi connectivity index (χ2n) is 5.85. The molecule has 5 rings (SSSR count). The number of pyridine rings is 2. The van der Waals surface area contributed by atoms with Crippen LogP contribution in [-0.4, -0.2) is 19.9 Å². The molecule has 7 heteroatoms. The van der Waals surface area contributed by atoms with Crippen LogP contribution < -0.4 is 5.32 Å². The molecule has 0 saturated carbocycles. The molecule has 4 heterocycles. The second kappa shape index (κ2) is 5.83. The van der Waals surface area contributed by atoms with E-state index in [4.69, 9.17) is 28.2 Å². The molecule has 2 N–H and O–H groups in total. The largest absolute Gasteiger partial charge is 0.338 e. The Morgan fingerprint density at radius 2 is 1.73 bits per heavy atom. The first-order chi connectivity index (χ1) is 12.7. The maximum atomic E-state index is 6.38. The number of benzene rings is 1. The van der Waals surface area contributed by atoms with E-state index >= 15 is 0 Å². The van der Waals surface area contributed by atoms with Gasteiger partial charge in [-0.3, -0.25) is 4.98 Å². The van der Waals surface area contributed by atoms with E-state index in [9.17, 15) is 0 Å². The predicted octanol–water partition coefficient (Wildman–Crippen LogP) is 5.56. The molecule has 0 atom stereocenters. The molecule has 1 aromatic carbocycles. The van der Waals surface area contributed by atoms with Crippen LogP contribution in [-0.2, 0) is 0 Å². The number of rotatable bonds is 1. The lowest BCUT2D eigenvalue weighted by molar-refractivity contribution is 1.26. The fraction of sp³-hybridized carbons (Fsp3) is 0. The van der Waals surface area contributed by atoms with E-state index in [2.05, 4.69) is 20.3 Å². The highest BCUT2D eigenvalue weighted by atomic mass is 35.5. The van der Waals surface area contributed by atoms with Crippen molar-refractivity contribution in [3.63, 3.8) is 0 Å². The minimum absolute atomic E-state index is 0.542. The molecular formula is C19H11Cl2N5. The highest BCUT2D eigenvalue weighted by Crippen LogP contribution is 2.44. The van der Waals surface area contributed by atoms with Gasteiger partial charge in [-0.2, -0.15) is 0 Å². The van der Waals surface area contributed by atoms with Crippen molar-refractivity contribution in [1.29, 1.82) is 0 Å². The smallest absolute Gasteiger partial charge is 0.141 e. The number of halogens is 2. The van der Waals surface area contributed by atoms with Crippen molar-refractivity contribution in [3.8, 4) is 33.9 Å². The van der Waals surface area contributed by atoms with Gasteiger partial charge in [-0.1, -0.05) is 29.3 Å². The van der Waals surface area contributed by atoms with Crippen LogP contribution >= 0.6 is 23.2 Å². The third kappa shape index (κ3) is 2.29. The summed E-state index contributed by atoms with van der Waals surface area (Å²) in [6, 6.07) is 11.2. The molecule has 0 amide bonds. The van der Waals surface area contributed by atoms with Gasteiger partial charge in [0.2, 0.25) is 0 Å². The topological polar surface area (TPSA) is 66.5 Å². The van der Waals surface area contributed by atoms with E-state index in [1.54, 1.807) is 30.7 Å². The Bertz CT molecular complexity index is 1070. The van der Waals surface area contributed by atoms with E-state index in [0.29, 0.717) is 21.4 Å². The van der Waals surface area contributed by atoms with Gasteiger partial charge in [0.25, 0.3) is 0 Å². The van der Waals surface area contributed by atoms with Crippen molar-refractivity contribution in [2.75, 3.05) is 5.32 Å². The quantitative estimate of drug-likeness (QED) is 0.399. The van der Waals surface area contributed by atoms with Crippen LogP contribution in [0.15, 0.2) is 55.0 Å². The molecule has 126 valence electrons. The van der Waals surface area contributed by atoms with Gasteiger partial charge < -0.3 is 10.3 Å². The lowest BCUT2D eigenvalue weighted by Crippen LogP contribution is -1.95. The van der Waals surface area contributed by atoms with Crippen molar-refractivity contribution >= 4 is 34.7 Å². The Morgan fingerprint density at radius 1 is 0.885 bits per heavy atom. The van der Waals surface area contributed by atoms with Crippen LogP contribution in [0.2, 0.25) is 10.0 Å². The van der Waals surface area contributed by atoms with E-state index in [1.807, 2.05) is 24.3 Å². The van der Waals surface area contributed by atoms with Gasteiger partial charge in [-0.25, -0.2) is 9.97 Å². The molecule has 1 aliphatic heterocycles. The summed E-state index contributed by atoms with van der Waals surface area (Å²) < 4.78 is 0. The van der Waals surface area contributed by atoms with Gasteiger partial charge in [-0.05, 0) is 30.3 Å². The highest BCUT2D eigenvalue weighted by Gasteiger charge is 2.25. The molecule has 0 fully saturated rings. The van der Waals surface area contributed by atoms with Crippen LogP contribution in [0.5, 0.6) is 0 Å². The summed E-state index contributed by atoms with van der Waals surface area (Å²) in [6.07, 6.45) is 5.25. The molecule has 3 aromatic heterocycles. The summed E-state index contributed by atoms with van der Waals surface area (Å²) in [6.45, 7) is 0. The molecule has 5 nitrogen and oxygen atoms in total. The first-order valence-electron chi connectivity index (χ1n) is 7.93. The van der Waals surface area contributed by atoms with Crippen molar-refractivity contribution in [1.82, 2.24) is 19.9 Å². The standard InChI is InChI=1S/C19H11Cl2N5/c20-12-4-1-5-13(21)15(12)19-25-16-10-6-8-22-9-14(10)24-18-11(17(16)26-19)3-2-7-23-18/h1-9H,(H,23,24)(H,25,26). The molecule has 26 heavy (non-hydrogen) atoms. The Kier molecular flexibility index (Phi) is 3.45. The number of hydrogen-bond donors (Lipinski definition) is 2. The summed E-state index contributed by atoms with van der Waals surface area (Å²) >= 11 is 12.8. The van der Waals surface area contributed by atoms with Crippen molar-refractivity contribution in [2.45, 2.75) is 0 Å². The molecule has 0 unspecified atom stereocenters. The Hall–Kier alpha value is -2.89. The predicted molar refractivity (Wildman–Crippen MR) is 104 cm³/mol. The lowest BCUT2D eigenvalue weighted by atomic mass is 10.1. The number of aromatic nitrogens is 4. The molecule has 1 aliphatic rings. The van der Waals surface area contributed by atoms with Crippen LogP contribution in [0.3, 0.4) is 0 Å². The zero-order chi connectivity index (χ0) is 17.7. The van der Waals surface area contributed by atoms with Crippen molar-refractivity contribution in [3.05, 3.63) is 65.0 Å². The number of anilines is 2. The molecule has 4 aromatic rings. The number of imidazole rings is 1. The van der Waals surface area contributed by atoms with Crippen LogP contribution in [0.1, 0.15) is 0 Å². The summed E-state index contributed by atoms with van der Waals surface area (Å²) in [5.74, 6) is 1.35. The summed E-state index contributed by atoms with van der Waals surface area (Å²) in [7, 11) is 0. The number of H-pyrrole nitrogens is 1. The molecular weight excluding hydrogens is 369 g/mol. The number of nitrogens with zero attached hydrogens (tertiary/aromatic N) is 3. The lowest BCUT2D eigenvalue weighted by Gasteiger charge is -2.08. The normalized spacial score (nSPS) is 11.8. The van der Waals surface area contributed by atoms with Crippen LogP contribution in [0.25, 0.3) is 33.9 Å². The van der Waals surface area contributed by atoms with E-state index in [0.717, 1.165) is 34.0 Å². The van der Waals surface area contributed by atoms with Crippen LogP contribution in [0.4, 0.5) is 11.5 Å². The molecule has 0 spiro atoms. The van der Waals surface area contributed by atoms with Crippen LogP contribution in [0, 0.1) is 0 Å². The van der Waals surface area contributed by atoms with E-state index < -0.39 is 0 Å². The molecule has 0 saturated heterocycles. The van der Waals surface area contributed by atoms with Gasteiger partial charge in [-0.15, -0.1) is 0 Å². The van der Waals surface area contributed by atoms with Gasteiger partial charge >= 0.3 is 0 Å². The Balaban J connectivity index is 1.84. The average Bonchev–Trinajstić information content (AvgIpc) is 3.02. The fourth-order valence-corrected chi connectivity index (χ4v) is 3.72. The number of aromatic amines is 1. The van der Waals surface area contributed by atoms with Gasteiger partial charge in [0.1, 0.15) is 11.6 Å². The number of fused-ring (bicyclic) bond motifs is 5. The van der Waals surface area contributed by atoms with Gasteiger partial charge in [0.05, 0.1) is 38.9 Å². The van der Waals surface area contributed by atoms with E-state index in [-0.39, 0.29) is 0 Å². The summed E-state index contributed by atoms with van der Waals surface area (Å²) in [5.41, 5.74) is 5.02. The van der Waals surface area contributed by atoms with Crippen molar-refractivity contribution in [2.24, 2.45) is 0 Å². The summed E-state index contributed by atoms with van der Waals surface area (Å²) in [5, 5.41) is 4.42. The summed E-state index contributed by atoms with van der Waals surface area (Å²) in [4.78, 5) is 16.9. The highest BCUT2D eigenvalue weighted by molar-refractivity contribution is 6.39. The maximum absolute atomic E-state index is 6.38. The molecule has 0 aliphatic carbocycles. The third-order valence-corrected chi connectivity index (χ3v) is 4.94. The average molecular weight is 380 g/mol. The monoisotopic (exact) mass is 379 g/mol. The minimum Gasteiger partial charge on any atom is -0.338 e. The number of nitrogens with one attached hydrogen (secondary N) is 2. The zero-order valence-corrected chi connectivity index (χ0v) is 14.8. The van der Waals surface area contributed by atoms with Gasteiger partial charge in [0, 0.05) is 23.5 Å².